The summed E-state index contributed by atoms with van der Waals surface area (Å²) in [5.74, 6) is 0.0918. The maximum Gasteiger partial charge on any atom is 0.245 e. The summed E-state index contributed by atoms with van der Waals surface area (Å²) in [5.41, 5.74) is 7.89. The fraction of sp³-hybridized carbons (Fsp3) is 0.214. The van der Waals surface area contributed by atoms with Crippen molar-refractivity contribution in [1.82, 2.24) is 25.3 Å². The molecule has 22 heavy (non-hydrogen) atoms. The Labute approximate surface area is 125 Å². The lowest BCUT2D eigenvalue weighted by atomic mass is 10.1. The van der Waals surface area contributed by atoms with Gasteiger partial charge >= 0.3 is 0 Å². The maximum atomic E-state index is 13.9. The minimum Gasteiger partial charge on any atom is -0.471 e. The van der Waals surface area contributed by atoms with E-state index in [1.54, 1.807) is 13.1 Å². The molecule has 0 atom stereocenters. The molecule has 0 radical (unpaired) electrons. The molecule has 0 saturated carbocycles. The highest BCUT2D eigenvalue weighted by atomic mass is 19.1. The lowest BCUT2D eigenvalue weighted by Crippen LogP contribution is -2.08. The highest BCUT2D eigenvalue weighted by molar-refractivity contribution is 5.76. The van der Waals surface area contributed by atoms with E-state index in [1.165, 1.54) is 12.4 Å². The SMILES string of the molecule is CNCc1ccc(COc2nc(N)nc3nc[nH]c23)cc1F. The van der Waals surface area contributed by atoms with E-state index in [9.17, 15) is 4.39 Å². The fourth-order valence-electron chi connectivity index (χ4n) is 2.09. The standard InChI is InChI=1S/C14H15FN6O/c1-17-5-9-3-2-8(4-10(9)15)6-22-13-11-12(19-7-18-11)20-14(16)21-13/h2-4,7,17H,5-6H2,1H3,(H3,16,18,19,20,21). The summed E-state index contributed by atoms with van der Waals surface area (Å²) in [6.07, 6.45) is 1.48. The van der Waals surface area contributed by atoms with Crippen LogP contribution >= 0.6 is 0 Å². The number of nitrogens with zero attached hydrogens (tertiary/aromatic N) is 3. The quantitative estimate of drug-likeness (QED) is 0.658. The third-order valence-electron chi connectivity index (χ3n) is 3.13. The number of hydrogen-bond acceptors (Lipinski definition) is 6. The number of rotatable bonds is 5. The van der Waals surface area contributed by atoms with Crippen LogP contribution in [-0.2, 0) is 13.2 Å². The van der Waals surface area contributed by atoms with Crippen molar-refractivity contribution in [3.8, 4) is 5.88 Å². The Bertz CT molecular complexity index is 803. The number of benzene rings is 1. The van der Waals surface area contributed by atoms with Gasteiger partial charge in [-0.3, -0.25) is 0 Å². The number of hydrogen-bond donors (Lipinski definition) is 3. The summed E-state index contributed by atoms with van der Waals surface area (Å²) in [7, 11) is 1.77. The molecule has 2 heterocycles. The molecule has 0 aliphatic carbocycles. The van der Waals surface area contributed by atoms with E-state index in [1.807, 2.05) is 6.07 Å². The van der Waals surface area contributed by atoms with E-state index >= 15 is 0 Å². The largest absolute Gasteiger partial charge is 0.471 e. The summed E-state index contributed by atoms with van der Waals surface area (Å²) in [5, 5.41) is 2.91. The van der Waals surface area contributed by atoms with Gasteiger partial charge in [-0.05, 0) is 18.7 Å². The van der Waals surface area contributed by atoms with Gasteiger partial charge in [0.2, 0.25) is 11.8 Å². The minimum atomic E-state index is -0.274. The van der Waals surface area contributed by atoms with Crippen molar-refractivity contribution in [2.75, 3.05) is 12.8 Å². The molecule has 0 fully saturated rings. The molecule has 0 unspecified atom stereocenters. The van der Waals surface area contributed by atoms with Crippen LogP contribution in [0.2, 0.25) is 0 Å². The zero-order chi connectivity index (χ0) is 15.5. The van der Waals surface area contributed by atoms with E-state index in [0.29, 0.717) is 34.7 Å². The van der Waals surface area contributed by atoms with E-state index < -0.39 is 0 Å². The van der Waals surface area contributed by atoms with Gasteiger partial charge in [-0.15, -0.1) is 0 Å². The lowest BCUT2D eigenvalue weighted by Gasteiger charge is -2.08. The molecule has 114 valence electrons. The molecule has 0 amide bonds. The van der Waals surface area contributed by atoms with Crippen LogP contribution in [0.5, 0.6) is 5.88 Å². The molecule has 3 rings (SSSR count). The van der Waals surface area contributed by atoms with Crippen molar-refractivity contribution in [3.05, 3.63) is 41.5 Å². The zero-order valence-corrected chi connectivity index (χ0v) is 11.9. The smallest absolute Gasteiger partial charge is 0.245 e. The van der Waals surface area contributed by atoms with Crippen molar-refractivity contribution in [1.29, 1.82) is 0 Å². The second-order valence-corrected chi connectivity index (χ2v) is 4.73. The topological polar surface area (TPSA) is 102 Å². The van der Waals surface area contributed by atoms with Crippen LogP contribution in [0.4, 0.5) is 10.3 Å². The predicted octanol–water partition coefficient (Wildman–Crippen LogP) is 1.37. The highest BCUT2D eigenvalue weighted by Crippen LogP contribution is 2.21. The number of aromatic amines is 1. The Balaban J connectivity index is 1.79. The molecule has 0 aliphatic rings. The number of aromatic nitrogens is 4. The van der Waals surface area contributed by atoms with E-state index in [-0.39, 0.29) is 18.4 Å². The molecule has 1 aromatic carbocycles. The molecular weight excluding hydrogens is 287 g/mol. The zero-order valence-electron chi connectivity index (χ0n) is 11.9. The van der Waals surface area contributed by atoms with Gasteiger partial charge in [-0.2, -0.15) is 9.97 Å². The van der Waals surface area contributed by atoms with Crippen LogP contribution in [0, 0.1) is 5.82 Å². The average Bonchev–Trinajstić information content (AvgIpc) is 2.95. The Kier molecular flexibility index (Phi) is 3.84. The van der Waals surface area contributed by atoms with Gasteiger partial charge in [0, 0.05) is 12.1 Å². The second kappa shape index (κ2) is 5.94. The van der Waals surface area contributed by atoms with Crippen LogP contribution in [0.3, 0.4) is 0 Å². The summed E-state index contributed by atoms with van der Waals surface area (Å²) >= 11 is 0. The summed E-state index contributed by atoms with van der Waals surface area (Å²) in [6, 6.07) is 4.98. The van der Waals surface area contributed by atoms with Crippen LogP contribution in [0.25, 0.3) is 11.2 Å². The molecule has 0 saturated heterocycles. The third-order valence-corrected chi connectivity index (χ3v) is 3.13. The minimum absolute atomic E-state index is 0.0742. The number of nitrogens with two attached hydrogens (primary N) is 1. The molecule has 2 aromatic heterocycles. The molecule has 4 N–H and O–H groups in total. The first-order valence-electron chi connectivity index (χ1n) is 6.68. The highest BCUT2D eigenvalue weighted by Gasteiger charge is 2.10. The Morgan fingerprint density at radius 2 is 2.23 bits per heavy atom. The lowest BCUT2D eigenvalue weighted by molar-refractivity contribution is 0.297. The normalized spacial score (nSPS) is 11.0. The number of ether oxygens (including phenoxy) is 1. The molecule has 3 aromatic rings. The van der Waals surface area contributed by atoms with Gasteiger partial charge in [-0.1, -0.05) is 12.1 Å². The number of imidazole rings is 1. The number of nitrogens with one attached hydrogen (secondary N) is 2. The average molecular weight is 302 g/mol. The molecule has 0 spiro atoms. The van der Waals surface area contributed by atoms with Gasteiger partial charge in [0.1, 0.15) is 17.9 Å². The summed E-state index contributed by atoms with van der Waals surface area (Å²) in [6.45, 7) is 0.644. The first kappa shape index (κ1) is 14.2. The first-order valence-corrected chi connectivity index (χ1v) is 6.68. The van der Waals surface area contributed by atoms with Crippen LogP contribution in [-0.4, -0.2) is 27.0 Å². The summed E-state index contributed by atoms with van der Waals surface area (Å²) < 4.78 is 19.5. The van der Waals surface area contributed by atoms with Gasteiger partial charge in [0.15, 0.2) is 5.65 Å². The van der Waals surface area contributed by atoms with Crippen molar-refractivity contribution in [3.63, 3.8) is 0 Å². The Hall–Kier alpha value is -2.74. The van der Waals surface area contributed by atoms with Crippen LogP contribution < -0.4 is 15.8 Å². The predicted molar refractivity (Wildman–Crippen MR) is 79.6 cm³/mol. The van der Waals surface area contributed by atoms with Crippen LogP contribution in [0.15, 0.2) is 24.5 Å². The number of fused-ring (bicyclic) bond motifs is 1. The van der Waals surface area contributed by atoms with Crippen molar-refractivity contribution < 1.29 is 9.13 Å². The van der Waals surface area contributed by atoms with E-state index in [0.717, 1.165) is 0 Å². The number of H-pyrrole nitrogens is 1. The maximum absolute atomic E-state index is 13.9. The van der Waals surface area contributed by atoms with Gasteiger partial charge in [-0.25, -0.2) is 9.37 Å². The van der Waals surface area contributed by atoms with E-state index in [4.69, 9.17) is 10.5 Å². The molecule has 7 nitrogen and oxygen atoms in total. The number of nitrogen functional groups attached to an aromatic ring is 1. The van der Waals surface area contributed by atoms with Crippen molar-refractivity contribution in [2.24, 2.45) is 0 Å². The monoisotopic (exact) mass is 302 g/mol. The fourth-order valence-corrected chi connectivity index (χ4v) is 2.09. The molecule has 0 aliphatic heterocycles. The number of anilines is 1. The summed E-state index contributed by atoms with van der Waals surface area (Å²) in [4.78, 5) is 14.9. The van der Waals surface area contributed by atoms with Crippen LogP contribution in [0.1, 0.15) is 11.1 Å². The molecule has 8 heteroatoms. The molecular formula is C14H15FN6O. The first-order chi connectivity index (χ1) is 10.7. The Morgan fingerprint density at radius 1 is 1.36 bits per heavy atom. The number of halogens is 1. The van der Waals surface area contributed by atoms with Gasteiger partial charge < -0.3 is 20.8 Å². The van der Waals surface area contributed by atoms with Gasteiger partial charge in [0.05, 0.1) is 6.33 Å². The second-order valence-electron chi connectivity index (χ2n) is 4.73. The molecule has 0 bridgehead atoms. The van der Waals surface area contributed by atoms with Gasteiger partial charge in [0.25, 0.3) is 0 Å². The van der Waals surface area contributed by atoms with Crippen molar-refractivity contribution >= 4 is 17.1 Å². The van der Waals surface area contributed by atoms with E-state index in [2.05, 4.69) is 25.3 Å². The Morgan fingerprint density at radius 3 is 3.00 bits per heavy atom. The third kappa shape index (κ3) is 2.82. The van der Waals surface area contributed by atoms with Crippen molar-refractivity contribution in [2.45, 2.75) is 13.2 Å².